The Morgan fingerprint density at radius 2 is 2.00 bits per heavy atom. The van der Waals surface area contributed by atoms with Crippen LogP contribution in [0.5, 0.6) is 0 Å². The van der Waals surface area contributed by atoms with Crippen molar-refractivity contribution in [3.8, 4) is 5.69 Å². The SMILES string of the molecule is Cc1cc(C)n(-c2cccc(NC(=O)C3(O)CCCC3)c2)n1. The molecule has 1 heterocycles. The molecule has 1 aromatic heterocycles. The molecule has 5 heteroatoms. The second kappa shape index (κ2) is 5.57. The minimum Gasteiger partial charge on any atom is -0.380 e. The lowest BCUT2D eigenvalue weighted by Crippen LogP contribution is -2.40. The van der Waals surface area contributed by atoms with E-state index in [0.717, 1.165) is 29.9 Å². The van der Waals surface area contributed by atoms with Gasteiger partial charge in [-0.2, -0.15) is 5.10 Å². The van der Waals surface area contributed by atoms with E-state index >= 15 is 0 Å². The van der Waals surface area contributed by atoms with Crippen molar-refractivity contribution in [1.82, 2.24) is 9.78 Å². The Balaban J connectivity index is 1.82. The average molecular weight is 299 g/mol. The molecule has 0 saturated heterocycles. The van der Waals surface area contributed by atoms with E-state index in [1.54, 1.807) is 0 Å². The predicted octanol–water partition coefficient (Wildman–Crippen LogP) is 2.73. The second-order valence-corrected chi connectivity index (χ2v) is 6.08. The van der Waals surface area contributed by atoms with Gasteiger partial charge < -0.3 is 10.4 Å². The topological polar surface area (TPSA) is 67.2 Å². The van der Waals surface area contributed by atoms with Gasteiger partial charge in [0, 0.05) is 11.4 Å². The van der Waals surface area contributed by atoms with Crippen molar-refractivity contribution < 1.29 is 9.90 Å². The summed E-state index contributed by atoms with van der Waals surface area (Å²) in [4.78, 5) is 12.3. The minimum atomic E-state index is -1.21. The Kier molecular flexibility index (Phi) is 3.74. The lowest BCUT2D eigenvalue weighted by Gasteiger charge is -2.21. The fraction of sp³-hybridized carbons (Fsp3) is 0.412. The summed E-state index contributed by atoms with van der Waals surface area (Å²) in [7, 11) is 0. The molecule has 1 aliphatic rings. The van der Waals surface area contributed by atoms with Crippen molar-refractivity contribution >= 4 is 11.6 Å². The highest BCUT2D eigenvalue weighted by atomic mass is 16.3. The molecule has 0 radical (unpaired) electrons. The normalized spacial score (nSPS) is 16.7. The molecule has 0 bridgehead atoms. The van der Waals surface area contributed by atoms with Gasteiger partial charge in [-0.3, -0.25) is 4.79 Å². The van der Waals surface area contributed by atoms with Gasteiger partial charge in [-0.15, -0.1) is 0 Å². The third-order valence-corrected chi connectivity index (χ3v) is 4.21. The molecule has 3 rings (SSSR count). The van der Waals surface area contributed by atoms with Crippen LogP contribution in [0.2, 0.25) is 0 Å². The molecule has 0 unspecified atom stereocenters. The highest BCUT2D eigenvalue weighted by molar-refractivity contribution is 5.97. The molecule has 0 aliphatic heterocycles. The molecule has 116 valence electrons. The Hall–Kier alpha value is -2.14. The monoisotopic (exact) mass is 299 g/mol. The molecule has 0 atom stereocenters. The summed E-state index contributed by atoms with van der Waals surface area (Å²) in [5, 5.41) is 17.6. The van der Waals surface area contributed by atoms with Gasteiger partial charge in [0.2, 0.25) is 0 Å². The van der Waals surface area contributed by atoms with E-state index in [-0.39, 0.29) is 5.91 Å². The maximum atomic E-state index is 12.3. The number of hydrogen-bond acceptors (Lipinski definition) is 3. The van der Waals surface area contributed by atoms with E-state index in [4.69, 9.17) is 0 Å². The number of rotatable bonds is 3. The van der Waals surface area contributed by atoms with Gasteiger partial charge in [0.05, 0.1) is 11.4 Å². The molecule has 2 N–H and O–H groups in total. The van der Waals surface area contributed by atoms with Gasteiger partial charge in [0.15, 0.2) is 0 Å². The molecule has 1 amide bonds. The van der Waals surface area contributed by atoms with Crippen molar-refractivity contribution in [2.45, 2.75) is 45.1 Å². The summed E-state index contributed by atoms with van der Waals surface area (Å²) in [5.41, 5.74) is 2.34. The Bertz CT molecular complexity index is 700. The number of aryl methyl sites for hydroxylation is 2. The number of carbonyl (C=O) groups excluding carboxylic acids is 1. The second-order valence-electron chi connectivity index (χ2n) is 6.08. The third kappa shape index (κ3) is 2.76. The van der Waals surface area contributed by atoms with Crippen LogP contribution < -0.4 is 5.32 Å². The van der Waals surface area contributed by atoms with Crippen LogP contribution >= 0.6 is 0 Å². The van der Waals surface area contributed by atoms with Crippen LogP contribution in [0.1, 0.15) is 37.1 Å². The van der Waals surface area contributed by atoms with Crippen molar-refractivity contribution in [2.24, 2.45) is 0 Å². The first-order valence-corrected chi connectivity index (χ1v) is 7.65. The minimum absolute atomic E-state index is 0.310. The van der Waals surface area contributed by atoms with E-state index < -0.39 is 5.60 Å². The van der Waals surface area contributed by atoms with Crippen LogP contribution in [0.25, 0.3) is 5.69 Å². The molecular formula is C17H21N3O2. The summed E-state index contributed by atoms with van der Waals surface area (Å²) in [6, 6.07) is 9.52. The fourth-order valence-corrected chi connectivity index (χ4v) is 3.04. The van der Waals surface area contributed by atoms with E-state index in [9.17, 15) is 9.90 Å². The zero-order valence-electron chi connectivity index (χ0n) is 13.0. The van der Waals surface area contributed by atoms with E-state index in [2.05, 4.69) is 10.4 Å². The fourth-order valence-electron chi connectivity index (χ4n) is 3.04. The quantitative estimate of drug-likeness (QED) is 0.915. The van der Waals surface area contributed by atoms with E-state index in [0.29, 0.717) is 18.5 Å². The standard InChI is InChI=1S/C17H21N3O2/c1-12-10-13(2)20(19-12)15-7-5-6-14(11-15)18-16(21)17(22)8-3-4-9-17/h5-7,10-11,22H,3-4,8-9H2,1-2H3,(H,18,21). The van der Waals surface area contributed by atoms with Crippen LogP contribution in [0.3, 0.4) is 0 Å². The largest absolute Gasteiger partial charge is 0.380 e. The van der Waals surface area contributed by atoms with Crippen molar-refractivity contribution in [1.29, 1.82) is 0 Å². The zero-order chi connectivity index (χ0) is 15.7. The van der Waals surface area contributed by atoms with Crippen molar-refractivity contribution in [2.75, 3.05) is 5.32 Å². The number of benzene rings is 1. The van der Waals surface area contributed by atoms with Gasteiger partial charge in [-0.1, -0.05) is 6.07 Å². The molecule has 1 saturated carbocycles. The van der Waals surface area contributed by atoms with Crippen LogP contribution in [0.15, 0.2) is 30.3 Å². The number of carbonyl (C=O) groups is 1. The lowest BCUT2D eigenvalue weighted by atomic mass is 10.0. The Morgan fingerprint density at radius 3 is 2.64 bits per heavy atom. The Labute approximate surface area is 130 Å². The van der Waals surface area contributed by atoms with Crippen LogP contribution in [-0.2, 0) is 4.79 Å². The maximum Gasteiger partial charge on any atom is 0.256 e. The van der Waals surface area contributed by atoms with Gasteiger partial charge in [-0.25, -0.2) is 4.68 Å². The van der Waals surface area contributed by atoms with Crippen LogP contribution in [0, 0.1) is 13.8 Å². The van der Waals surface area contributed by atoms with E-state index in [1.165, 1.54) is 0 Å². The number of nitrogens with zero attached hydrogens (tertiary/aromatic N) is 2. The van der Waals surface area contributed by atoms with Crippen LogP contribution in [0.4, 0.5) is 5.69 Å². The number of anilines is 1. The smallest absolute Gasteiger partial charge is 0.256 e. The first-order valence-electron chi connectivity index (χ1n) is 7.65. The first-order chi connectivity index (χ1) is 10.5. The highest BCUT2D eigenvalue weighted by Gasteiger charge is 2.38. The summed E-state index contributed by atoms with van der Waals surface area (Å²) in [6.45, 7) is 3.94. The number of amides is 1. The molecule has 1 aliphatic carbocycles. The molecule has 22 heavy (non-hydrogen) atoms. The number of aromatic nitrogens is 2. The van der Waals surface area contributed by atoms with Crippen molar-refractivity contribution in [3.05, 3.63) is 41.7 Å². The van der Waals surface area contributed by atoms with Gasteiger partial charge in [0.25, 0.3) is 5.91 Å². The molecule has 1 fully saturated rings. The molecule has 2 aromatic rings. The average Bonchev–Trinajstić information content (AvgIpc) is 3.06. The Morgan fingerprint density at radius 1 is 1.27 bits per heavy atom. The molecular weight excluding hydrogens is 278 g/mol. The molecule has 0 spiro atoms. The number of aliphatic hydroxyl groups is 1. The van der Waals surface area contributed by atoms with E-state index in [1.807, 2.05) is 48.9 Å². The third-order valence-electron chi connectivity index (χ3n) is 4.21. The van der Waals surface area contributed by atoms with Crippen molar-refractivity contribution in [3.63, 3.8) is 0 Å². The van der Waals surface area contributed by atoms with Crippen LogP contribution in [-0.4, -0.2) is 26.4 Å². The molecule has 1 aromatic carbocycles. The summed E-state index contributed by atoms with van der Waals surface area (Å²) in [5.74, 6) is -0.310. The lowest BCUT2D eigenvalue weighted by molar-refractivity contribution is -0.133. The number of nitrogens with one attached hydrogen (secondary N) is 1. The first kappa shape index (κ1) is 14.8. The summed E-state index contributed by atoms with van der Waals surface area (Å²) >= 11 is 0. The molecule has 5 nitrogen and oxygen atoms in total. The predicted molar refractivity (Wildman–Crippen MR) is 85.1 cm³/mol. The maximum absolute atomic E-state index is 12.3. The van der Waals surface area contributed by atoms with Gasteiger partial charge in [-0.05, 0) is 63.8 Å². The summed E-state index contributed by atoms with van der Waals surface area (Å²) < 4.78 is 1.84. The van der Waals surface area contributed by atoms with Gasteiger partial charge >= 0.3 is 0 Å². The zero-order valence-corrected chi connectivity index (χ0v) is 13.0. The van der Waals surface area contributed by atoms with Gasteiger partial charge in [0.1, 0.15) is 5.60 Å². The number of hydrogen-bond donors (Lipinski definition) is 2. The highest BCUT2D eigenvalue weighted by Crippen LogP contribution is 2.30. The summed E-state index contributed by atoms with van der Waals surface area (Å²) in [6.07, 6.45) is 2.87.